The fourth-order valence-electron chi connectivity index (χ4n) is 3.08. The Morgan fingerprint density at radius 2 is 2.13 bits per heavy atom. The van der Waals surface area contributed by atoms with Gasteiger partial charge in [0, 0.05) is 17.8 Å². The van der Waals surface area contributed by atoms with E-state index in [1.807, 2.05) is 48.9 Å². The van der Waals surface area contributed by atoms with Gasteiger partial charge in [-0.1, -0.05) is 0 Å². The van der Waals surface area contributed by atoms with Gasteiger partial charge in [-0.05, 0) is 76.0 Å². The maximum atomic E-state index is 12.3. The Kier molecular flexibility index (Phi) is 4.76. The maximum Gasteiger partial charge on any atom is 0.251 e. The van der Waals surface area contributed by atoms with E-state index in [0.717, 1.165) is 36.7 Å². The summed E-state index contributed by atoms with van der Waals surface area (Å²) in [6, 6.07) is 9.65. The molecule has 1 amide bonds. The molecule has 2 aromatic rings. The first-order valence-corrected chi connectivity index (χ1v) is 8.26. The van der Waals surface area contributed by atoms with Crippen molar-refractivity contribution in [3.8, 4) is 5.69 Å². The van der Waals surface area contributed by atoms with Crippen molar-refractivity contribution >= 4 is 5.91 Å². The van der Waals surface area contributed by atoms with E-state index in [9.17, 15) is 4.79 Å². The standard InChI is InChI=1S/C18H24N4O/c1-13-10-14(2)22(21-13)17-7-5-16(6-8-17)18(23)20-12-15-4-3-9-19-11-15/h5-8,10,15,19H,3-4,9,11-12H2,1-2H3,(H,20,23). The molecule has 1 aromatic carbocycles. The fraction of sp³-hybridized carbons (Fsp3) is 0.444. The van der Waals surface area contributed by atoms with Crippen molar-refractivity contribution in [1.29, 1.82) is 0 Å². The van der Waals surface area contributed by atoms with Crippen LogP contribution in [-0.4, -0.2) is 35.3 Å². The third-order valence-corrected chi connectivity index (χ3v) is 4.33. The Balaban J connectivity index is 1.62. The highest BCUT2D eigenvalue weighted by atomic mass is 16.1. The van der Waals surface area contributed by atoms with Gasteiger partial charge in [0.1, 0.15) is 0 Å². The first kappa shape index (κ1) is 15.7. The minimum atomic E-state index is -0.00417. The van der Waals surface area contributed by atoms with Gasteiger partial charge in [0.05, 0.1) is 11.4 Å². The number of benzene rings is 1. The summed E-state index contributed by atoms with van der Waals surface area (Å²) in [5.74, 6) is 0.539. The molecule has 1 saturated heterocycles. The molecule has 23 heavy (non-hydrogen) atoms. The van der Waals surface area contributed by atoms with E-state index in [1.54, 1.807) is 0 Å². The molecular formula is C18H24N4O. The lowest BCUT2D eigenvalue weighted by molar-refractivity contribution is 0.0945. The molecule has 1 aromatic heterocycles. The summed E-state index contributed by atoms with van der Waals surface area (Å²) in [5, 5.41) is 10.9. The van der Waals surface area contributed by atoms with Gasteiger partial charge in [0.15, 0.2) is 0 Å². The Hall–Kier alpha value is -2.14. The van der Waals surface area contributed by atoms with Crippen LogP contribution in [0.2, 0.25) is 0 Å². The molecule has 1 atom stereocenters. The second kappa shape index (κ2) is 6.96. The molecule has 1 aliphatic rings. The molecule has 2 N–H and O–H groups in total. The minimum absolute atomic E-state index is 0.00417. The average molecular weight is 312 g/mol. The number of nitrogens with one attached hydrogen (secondary N) is 2. The van der Waals surface area contributed by atoms with E-state index in [4.69, 9.17) is 0 Å². The van der Waals surface area contributed by atoms with Crippen LogP contribution in [0.15, 0.2) is 30.3 Å². The molecule has 2 heterocycles. The highest BCUT2D eigenvalue weighted by molar-refractivity contribution is 5.94. The number of piperidine rings is 1. The molecule has 0 aliphatic carbocycles. The van der Waals surface area contributed by atoms with Gasteiger partial charge in [-0.2, -0.15) is 5.10 Å². The Morgan fingerprint density at radius 3 is 2.74 bits per heavy atom. The number of aromatic nitrogens is 2. The normalized spacial score (nSPS) is 17.9. The quantitative estimate of drug-likeness (QED) is 0.910. The largest absolute Gasteiger partial charge is 0.352 e. The molecule has 0 bridgehead atoms. The smallest absolute Gasteiger partial charge is 0.251 e. The zero-order valence-corrected chi connectivity index (χ0v) is 13.8. The molecule has 1 fully saturated rings. The second-order valence-corrected chi connectivity index (χ2v) is 6.31. The number of rotatable bonds is 4. The monoisotopic (exact) mass is 312 g/mol. The van der Waals surface area contributed by atoms with Crippen LogP contribution in [0.25, 0.3) is 5.69 Å². The van der Waals surface area contributed by atoms with Crippen molar-refractivity contribution in [2.24, 2.45) is 5.92 Å². The molecule has 0 radical (unpaired) electrons. The van der Waals surface area contributed by atoms with Crippen molar-refractivity contribution in [3.63, 3.8) is 0 Å². The van der Waals surface area contributed by atoms with Crippen molar-refractivity contribution in [3.05, 3.63) is 47.3 Å². The molecule has 5 heteroatoms. The Morgan fingerprint density at radius 1 is 1.35 bits per heavy atom. The zero-order valence-electron chi connectivity index (χ0n) is 13.8. The van der Waals surface area contributed by atoms with Crippen LogP contribution in [0.4, 0.5) is 0 Å². The van der Waals surface area contributed by atoms with Gasteiger partial charge in [-0.25, -0.2) is 4.68 Å². The number of carbonyl (C=O) groups is 1. The molecule has 1 unspecified atom stereocenters. The van der Waals surface area contributed by atoms with Gasteiger partial charge in [0.2, 0.25) is 0 Å². The average Bonchev–Trinajstić information content (AvgIpc) is 2.92. The van der Waals surface area contributed by atoms with E-state index in [2.05, 4.69) is 15.7 Å². The van der Waals surface area contributed by atoms with E-state index in [1.165, 1.54) is 12.8 Å². The third kappa shape index (κ3) is 3.79. The molecule has 0 saturated carbocycles. The number of amides is 1. The summed E-state index contributed by atoms with van der Waals surface area (Å²) in [5.41, 5.74) is 3.75. The van der Waals surface area contributed by atoms with Crippen LogP contribution < -0.4 is 10.6 Å². The van der Waals surface area contributed by atoms with Crippen LogP contribution in [0, 0.1) is 19.8 Å². The highest BCUT2D eigenvalue weighted by Crippen LogP contribution is 2.13. The summed E-state index contributed by atoms with van der Waals surface area (Å²) in [4.78, 5) is 12.3. The summed E-state index contributed by atoms with van der Waals surface area (Å²) in [6.45, 7) is 6.84. The summed E-state index contributed by atoms with van der Waals surface area (Å²) in [6.07, 6.45) is 2.38. The highest BCUT2D eigenvalue weighted by Gasteiger charge is 2.14. The van der Waals surface area contributed by atoms with E-state index in [0.29, 0.717) is 11.5 Å². The fourth-order valence-corrected chi connectivity index (χ4v) is 3.08. The van der Waals surface area contributed by atoms with Crippen molar-refractivity contribution in [2.75, 3.05) is 19.6 Å². The van der Waals surface area contributed by atoms with Crippen molar-refractivity contribution < 1.29 is 4.79 Å². The van der Waals surface area contributed by atoms with Crippen LogP contribution >= 0.6 is 0 Å². The third-order valence-electron chi connectivity index (χ3n) is 4.33. The van der Waals surface area contributed by atoms with Gasteiger partial charge >= 0.3 is 0 Å². The van der Waals surface area contributed by atoms with Gasteiger partial charge < -0.3 is 10.6 Å². The molecule has 5 nitrogen and oxygen atoms in total. The second-order valence-electron chi connectivity index (χ2n) is 6.31. The van der Waals surface area contributed by atoms with Crippen LogP contribution in [0.5, 0.6) is 0 Å². The van der Waals surface area contributed by atoms with E-state index in [-0.39, 0.29) is 5.91 Å². The minimum Gasteiger partial charge on any atom is -0.352 e. The van der Waals surface area contributed by atoms with Crippen LogP contribution in [-0.2, 0) is 0 Å². The number of aryl methyl sites for hydroxylation is 2. The zero-order chi connectivity index (χ0) is 16.2. The molecule has 122 valence electrons. The lowest BCUT2D eigenvalue weighted by atomic mass is 9.99. The van der Waals surface area contributed by atoms with Gasteiger partial charge in [0.25, 0.3) is 5.91 Å². The first-order chi connectivity index (χ1) is 11.1. The van der Waals surface area contributed by atoms with Crippen LogP contribution in [0.1, 0.15) is 34.6 Å². The van der Waals surface area contributed by atoms with Gasteiger partial charge in [-0.15, -0.1) is 0 Å². The lowest BCUT2D eigenvalue weighted by Gasteiger charge is -2.22. The predicted molar refractivity (Wildman–Crippen MR) is 91.0 cm³/mol. The SMILES string of the molecule is Cc1cc(C)n(-c2ccc(C(=O)NCC3CCCNC3)cc2)n1. The number of hydrogen-bond acceptors (Lipinski definition) is 3. The first-order valence-electron chi connectivity index (χ1n) is 8.26. The van der Waals surface area contributed by atoms with E-state index >= 15 is 0 Å². The summed E-state index contributed by atoms with van der Waals surface area (Å²) < 4.78 is 1.89. The van der Waals surface area contributed by atoms with Crippen molar-refractivity contribution in [1.82, 2.24) is 20.4 Å². The Labute approximate surface area is 137 Å². The number of nitrogens with zero attached hydrogens (tertiary/aromatic N) is 2. The van der Waals surface area contributed by atoms with E-state index < -0.39 is 0 Å². The summed E-state index contributed by atoms with van der Waals surface area (Å²) in [7, 11) is 0. The molecular weight excluding hydrogens is 288 g/mol. The number of hydrogen-bond donors (Lipinski definition) is 2. The Bertz CT molecular complexity index is 669. The van der Waals surface area contributed by atoms with Gasteiger partial charge in [-0.3, -0.25) is 4.79 Å². The molecule has 3 rings (SSSR count). The maximum absolute atomic E-state index is 12.3. The molecule has 1 aliphatic heterocycles. The lowest BCUT2D eigenvalue weighted by Crippen LogP contribution is -2.38. The van der Waals surface area contributed by atoms with Crippen LogP contribution in [0.3, 0.4) is 0 Å². The predicted octanol–water partition coefficient (Wildman–Crippen LogP) is 2.22. The van der Waals surface area contributed by atoms with Crippen molar-refractivity contribution in [2.45, 2.75) is 26.7 Å². The molecule has 0 spiro atoms. The topological polar surface area (TPSA) is 59.0 Å². The summed E-state index contributed by atoms with van der Waals surface area (Å²) >= 11 is 0. The number of carbonyl (C=O) groups excluding carboxylic acids is 1.